The first-order valence-electron chi connectivity index (χ1n) is 9.26. The average molecular weight is 369 g/mol. The lowest BCUT2D eigenvalue weighted by atomic mass is 9.95. The molecule has 4 nitrogen and oxygen atoms in total. The summed E-state index contributed by atoms with van der Waals surface area (Å²) in [5.41, 5.74) is 3.59. The van der Waals surface area contributed by atoms with Crippen LogP contribution in [0, 0.1) is 5.82 Å². The summed E-state index contributed by atoms with van der Waals surface area (Å²) in [7, 11) is 0. The van der Waals surface area contributed by atoms with Gasteiger partial charge in [0.05, 0.1) is 22.6 Å². The summed E-state index contributed by atoms with van der Waals surface area (Å²) >= 11 is 1.73. The molecule has 0 unspecified atom stereocenters. The number of thiophene rings is 1. The topological polar surface area (TPSA) is 49.0 Å². The van der Waals surface area contributed by atoms with Crippen molar-refractivity contribution in [1.82, 2.24) is 14.9 Å². The molecule has 3 heterocycles. The molecule has 3 aromatic rings. The SMILES string of the molecule is O=C(c1csc2c1CCCC2)N1CCC[C@@H]1c1nc2ccc(F)cc2[nH]1. The van der Waals surface area contributed by atoms with Gasteiger partial charge in [-0.1, -0.05) is 0 Å². The fourth-order valence-electron chi connectivity index (χ4n) is 4.28. The number of fused-ring (bicyclic) bond motifs is 2. The first-order chi connectivity index (χ1) is 12.7. The Hall–Kier alpha value is -2.21. The fraction of sp³-hybridized carbons (Fsp3) is 0.400. The number of aryl methyl sites for hydroxylation is 1. The second-order valence-corrected chi connectivity index (χ2v) is 8.16. The molecule has 1 aromatic carbocycles. The molecule has 1 amide bonds. The number of rotatable bonds is 2. The number of halogens is 1. The minimum absolute atomic E-state index is 0.0582. The summed E-state index contributed by atoms with van der Waals surface area (Å²) in [6.45, 7) is 0.750. The maximum absolute atomic E-state index is 13.5. The number of nitrogens with one attached hydrogen (secondary N) is 1. The molecule has 1 N–H and O–H groups in total. The van der Waals surface area contributed by atoms with Gasteiger partial charge in [-0.2, -0.15) is 0 Å². The lowest BCUT2D eigenvalue weighted by molar-refractivity contribution is 0.0730. The zero-order valence-corrected chi connectivity index (χ0v) is 15.2. The predicted octanol–water partition coefficient (Wildman–Crippen LogP) is 4.62. The summed E-state index contributed by atoms with van der Waals surface area (Å²) in [5.74, 6) is 0.607. The molecule has 2 aromatic heterocycles. The number of likely N-dealkylation sites (tertiary alicyclic amines) is 1. The predicted molar refractivity (Wildman–Crippen MR) is 100 cm³/mol. The normalized spacial score (nSPS) is 19.9. The van der Waals surface area contributed by atoms with Crippen LogP contribution in [0.5, 0.6) is 0 Å². The molecule has 1 aliphatic carbocycles. The van der Waals surface area contributed by atoms with Crippen molar-refractivity contribution in [3.8, 4) is 0 Å². The molecular formula is C20H20FN3OS. The van der Waals surface area contributed by atoms with Gasteiger partial charge < -0.3 is 9.88 Å². The van der Waals surface area contributed by atoms with Gasteiger partial charge in [-0.25, -0.2) is 9.37 Å². The van der Waals surface area contributed by atoms with E-state index in [1.807, 2.05) is 10.3 Å². The Morgan fingerprint density at radius 1 is 1.27 bits per heavy atom. The Labute approximate surface area is 155 Å². The molecule has 134 valence electrons. The van der Waals surface area contributed by atoms with E-state index in [2.05, 4.69) is 9.97 Å². The van der Waals surface area contributed by atoms with Crippen molar-refractivity contribution < 1.29 is 9.18 Å². The van der Waals surface area contributed by atoms with Gasteiger partial charge in [0.15, 0.2) is 0 Å². The van der Waals surface area contributed by atoms with E-state index in [-0.39, 0.29) is 17.8 Å². The number of carbonyl (C=O) groups is 1. The van der Waals surface area contributed by atoms with Crippen molar-refractivity contribution in [3.63, 3.8) is 0 Å². The number of aromatic nitrogens is 2. The zero-order chi connectivity index (χ0) is 17.7. The highest BCUT2D eigenvalue weighted by Crippen LogP contribution is 2.36. The van der Waals surface area contributed by atoms with Crippen molar-refractivity contribution in [2.45, 2.75) is 44.6 Å². The van der Waals surface area contributed by atoms with E-state index in [4.69, 9.17) is 0 Å². The van der Waals surface area contributed by atoms with E-state index in [0.717, 1.165) is 49.1 Å². The molecule has 0 radical (unpaired) electrons. The molecular weight excluding hydrogens is 349 g/mol. The number of benzene rings is 1. The van der Waals surface area contributed by atoms with E-state index < -0.39 is 0 Å². The van der Waals surface area contributed by atoms with Crippen LogP contribution in [0.2, 0.25) is 0 Å². The van der Waals surface area contributed by atoms with Gasteiger partial charge in [0.25, 0.3) is 5.91 Å². The third-order valence-electron chi connectivity index (χ3n) is 5.58. The smallest absolute Gasteiger partial charge is 0.255 e. The van der Waals surface area contributed by atoms with Gasteiger partial charge in [-0.15, -0.1) is 11.3 Å². The molecule has 5 rings (SSSR count). The lowest BCUT2D eigenvalue weighted by Gasteiger charge is -2.24. The number of amides is 1. The number of imidazole rings is 1. The van der Waals surface area contributed by atoms with Gasteiger partial charge >= 0.3 is 0 Å². The highest BCUT2D eigenvalue weighted by molar-refractivity contribution is 7.10. The average Bonchev–Trinajstić information content (AvgIpc) is 3.37. The van der Waals surface area contributed by atoms with Gasteiger partial charge in [0, 0.05) is 16.8 Å². The highest BCUT2D eigenvalue weighted by atomic mass is 32.1. The first kappa shape index (κ1) is 16.0. The van der Waals surface area contributed by atoms with E-state index in [1.54, 1.807) is 17.4 Å². The van der Waals surface area contributed by atoms with E-state index in [1.165, 1.54) is 35.4 Å². The van der Waals surface area contributed by atoms with E-state index >= 15 is 0 Å². The number of nitrogens with zero attached hydrogens (tertiary/aromatic N) is 2. The summed E-state index contributed by atoms with van der Waals surface area (Å²) < 4.78 is 13.5. The molecule has 2 aliphatic rings. The van der Waals surface area contributed by atoms with Crippen LogP contribution < -0.4 is 0 Å². The van der Waals surface area contributed by atoms with Crippen LogP contribution >= 0.6 is 11.3 Å². The Morgan fingerprint density at radius 2 is 2.15 bits per heavy atom. The molecule has 1 atom stereocenters. The van der Waals surface area contributed by atoms with Gasteiger partial charge in [-0.3, -0.25) is 4.79 Å². The molecule has 0 saturated carbocycles. The molecule has 0 spiro atoms. The standard InChI is InChI=1S/C20H20FN3OS/c21-12-7-8-15-16(10-12)23-19(22-15)17-5-3-9-24(17)20(25)14-11-26-18-6-2-1-4-13(14)18/h7-8,10-11,17H,1-6,9H2,(H,22,23)/t17-/m1/s1. The van der Waals surface area contributed by atoms with Gasteiger partial charge in [0.2, 0.25) is 0 Å². The number of H-pyrrole nitrogens is 1. The molecule has 1 fully saturated rings. The van der Waals surface area contributed by atoms with Crippen LogP contribution in [-0.4, -0.2) is 27.3 Å². The molecule has 0 bridgehead atoms. The third kappa shape index (κ3) is 2.55. The minimum atomic E-state index is -0.281. The minimum Gasteiger partial charge on any atom is -0.340 e. The van der Waals surface area contributed by atoms with Crippen molar-refractivity contribution in [3.05, 3.63) is 51.2 Å². The summed E-state index contributed by atoms with van der Waals surface area (Å²) in [4.78, 5) is 24.4. The summed E-state index contributed by atoms with van der Waals surface area (Å²) in [5, 5.41) is 2.04. The van der Waals surface area contributed by atoms with Crippen LogP contribution in [0.1, 0.15) is 58.3 Å². The number of hydrogen-bond donors (Lipinski definition) is 1. The van der Waals surface area contributed by atoms with Gasteiger partial charge in [0.1, 0.15) is 11.6 Å². The van der Waals surface area contributed by atoms with Gasteiger partial charge in [-0.05, 0) is 62.3 Å². The Bertz CT molecular complexity index is 992. The molecule has 26 heavy (non-hydrogen) atoms. The van der Waals surface area contributed by atoms with Crippen LogP contribution in [0.25, 0.3) is 11.0 Å². The van der Waals surface area contributed by atoms with Crippen LogP contribution in [0.4, 0.5) is 4.39 Å². The second-order valence-electron chi connectivity index (χ2n) is 7.20. The lowest BCUT2D eigenvalue weighted by Crippen LogP contribution is -2.31. The molecule has 1 saturated heterocycles. The maximum Gasteiger partial charge on any atom is 0.255 e. The summed E-state index contributed by atoms with van der Waals surface area (Å²) in [6.07, 6.45) is 6.37. The fourth-order valence-corrected chi connectivity index (χ4v) is 5.40. The number of hydrogen-bond acceptors (Lipinski definition) is 3. The first-order valence-corrected chi connectivity index (χ1v) is 10.1. The Morgan fingerprint density at radius 3 is 3.08 bits per heavy atom. The van der Waals surface area contributed by atoms with Crippen LogP contribution in [-0.2, 0) is 12.8 Å². The molecule has 6 heteroatoms. The number of aromatic amines is 1. The van der Waals surface area contributed by atoms with Crippen molar-refractivity contribution >= 4 is 28.3 Å². The largest absolute Gasteiger partial charge is 0.340 e. The van der Waals surface area contributed by atoms with Crippen molar-refractivity contribution in [2.75, 3.05) is 6.54 Å². The third-order valence-corrected chi connectivity index (χ3v) is 6.67. The van der Waals surface area contributed by atoms with E-state index in [9.17, 15) is 9.18 Å². The molecule has 1 aliphatic heterocycles. The Kier molecular flexibility index (Phi) is 3.81. The van der Waals surface area contributed by atoms with Crippen LogP contribution in [0.3, 0.4) is 0 Å². The maximum atomic E-state index is 13.5. The highest BCUT2D eigenvalue weighted by Gasteiger charge is 2.34. The van der Waals surface area contributed by atoms with Crippen molar-refractivity contribution in [1.29, 1.82) is 0 Å². The van der Waals surface area contributed by atoms with Crippen molar-refractivity contribution in [2.24, 2.45) is 0 Å². The van der Waals surface area contributed by atoms with E-state index in [0.29, 0.717) is 5.52 Å². The quantitative estimate of drug-likeness (QED) is 0.716. The zero-order valence-electron chi connectivity index (χ0n) is 14.4. The summed E-state index contributed by atoms with van der Waals surface area (Å²) in [6, 6.07) is 4.50. The second kappa shape index (κ2) is 6.20. The van der Waals surface area contributed by atoms with Crippen LogP contribution in [0.15, 0.2) is 23.6 Å². The monoisotopic (exact) mass is 369 g/mol. The Balaban J connectivity index is 1.48. The number of carbonyl (C=O) groups excluding carboxylic acids is 1.